The fourth-order valence-corrected chi connectivity index (χ4v) is 20.2. The molecular weight excluding hydrogens is 1980 g/mol. The van der Waals surface area contributed by atoms with E-state index in [0.29, 0.717) is 88.0 Å². The number of amides is 7. The summed E-state index contributed by atoms with van der Waals surface area (Å²) in [5.41, 5.74) is 8.94. The van der Waals surface area contributed by atoms with Gasteiger partial charge in [0.1, 0.15) is 35.5 Å². The Hall–Kier alpha value is -13.6. The van der Waals surface area contributed by atoms with Crippen LogP contribution in [-0.2, 0) is 54.2 Å². The number of alkyl halides is 6. The number of thiazole rings is 2. The van der Waals surface area contributed by atoms with Crippen LogP contribution in [0, 0.1) is 42.2 Å². The Bertz CT molecular complexity index is 6660. The Morgan fingerprint density at radius 1 is 0.503 bits per heavy atom. The zero-order chi connectivity index (χ0) is 109. The number of carboxylic acid groups (broad SMARTS) is 1. The number of nitrogens with zero attached hydrogens (tertiary/aromatic N) is 8. The van der Waals surface area contributed by atoms with Crippen LogP contribution in [0.4, 0.5) is 57.9 Å². The molecule has 4 aliphatic heterocycles. The molecule has 0 radical (unpaired) electrons. The molecule has 4 saturated heterocycles. The first-order valence-electron chi connectivity index (χ1n) is 49.0. The number of pyridine rings is 2. The quantitative estimate of drug-likeness (QED) is 0.0109. The number of aromatic nitrogens is 4. The predicted octanol–water partition coefficient (Wildman–Crippen LogP) is 15.7. The lowest BCUT2D eigenvalue weighted by molar-refractivity contribution is -0.146. The van der Waals surface area contributed by atoms with Gasteiger partial charge in [-0.3, -0.25) is 62.5 Å². The van der Waals surface area contributed by atoms with Crippen molar-refractivity contribution in [1.82, 2.24) is 55.5 Å². The van der Waals surface area contributed by atoms with Gasteiger partial charge in [-0.2, -0.15) is 26.3 Å². The van der Waals surface area contributed by atoms with E-state index in [1.165, 1.54) is 46.2 Å². The zero-order valence-corrected chi connectivity index (χ0v) is 86.9. The molecule has 31 nitrogen and oxygen atoms in total. The molecule has 12 N–H and O–H groups in total. The number of aliphatic hydroxyl groups is 2. The van der Waals surface area contributed by atoms with Gasteiger partial charge in [-0.25, -0.2) is 23.5 Å². The topological polar surface area (TPSA) is 428 Å². The van der Waals surface area contributed by atoms with Gasteiger partial charge in [-0.05, 0) is 168 Å². The van der Waals surface area contributed by atoms with Gasteiger partial charge in [0.2, 0.25) is 40.7 Å². The highest BCUT2D eigenvalue weighted by molar-refractivity contribution is 7.13. The first kappa shape index (κ1) is 114. The van der Waals surface area contributed by atoms with Gasteiger partial charge in [-0.1, -0.05) is 120 Å². The average Bonchev–Trinajstić information content (AvgIpc) is 1.52. The number of ketones is 2. The molecular formula is C108H126F8N16O15S2. The predicted molar refractivity (Wildman–Crippen MR) is 554 cm³/mol. The smallest absolute Gasteiger partial charge is 0.417 e. The van der Waals surface area contributed by atoms with Crippen molar-refractivity contribution < 1.29 is 98.4 Å². The molecule has 0 aliphatic carbocycles. The van der Waals surface area contributed by atoms with Crippen LogP contribution in [0.5, 0.6) is 0 Å². The minimum Gasteiger partial charge on any atom is -0.478 e. The number of aliphatic hydroxyl groups excluding tert-OH is 2. The highest BCUT2D eigenvalue weighted by Crippen LogP contribution is 2.43. The maximum absolute atomic E-state index is 16.0. The van der Waals surface area contributed by atoms with Crippen molar-refractivity contribution in [2.45, 2.75) is 221 Å². The summed E-state index contributed by atoms with van der Waals surface area (Å²) in [4.78, 5) is 181. The number of anilines is 4. The molecule has 6 aromatic carbocycles. The number of aryl methyl sites for hydroxylation is 2. The number of likely N-dealkylation sites (tertiary alicyclic amines) is 2. The second-order valence-corrected chi connectivity index (χ2v) is 42.3. The lowest BCUT2D eigenvalue weighted by atomic mass is 9.76. The zero-order valence-electron chi connectivity index (χ0n) is 85.2. The number of unbranched alkanes of at least 4 members (excludes halogenated alkanes) is 1. The van der Waals surface area contributed by atoms with Crippen molar-refractivity contribution in [1.29, 1.82) is 0 Å². The van der Waals surface area contributed by atoms with Crippen LogP contribution in [-0.4, -0.2) is 228 Å². The maximum Gasteiger partial charge on any atom is 0.417 e. The number of aromatic carboxylic acids is 1. The van der Waals surface area contributed by atoms with Gasteiger partial charge < -0.3 is 77.2 Å². The van der Waals surface area contributed by atoms with E-state index in [-0.39, 0.29) is 157 Å². The number of nitrogens with two attached hydrogens (primary N) is 1. The van der Waals surface area contributed by atoms with Crippen molar-refractivity contribution in [2.24, 2.45) is 22.5 Å². The molecule has 10 aromatic rings. The van der Waals surface area contributed by atoms with E-state index in [9.17, 15) is 98.5 Å². The summed E-state index contributed by atoms with van der Waals surface area (Å²) in [6.45, 7) is 26.2. The molecule has 4 aliphatic rings. The molecule has 41 heteroatoms. The van der Waals surface area contributed by atoms with Crippen molar-refractivity contribution >= 4 is 104 Å². The van der Waals surface area contributed by atoms with Gasteiger partial charge in [0.15, 0.2) is 5.78 Å². The molecule has 14 rings (SSSR count). The lowest BCUT2D eigenvalue weighted by Crippen LogP contribution is -2.57. The highest BCUT2D eigenvalue weighted by Gasteiger charge is 2.48. The van der Waals surface area contributed by atoms with E-state index in [1.54, 1.807) is 73.2 Å². The van der Waals surface area contributed by atoms with Crippen LogP contribution in [0.2, 0.25) is 0 Å². The van der Waals surface area contributed by atoms with Gasteiger partial charge in [0.25, 0.3) is 11.8 Å². The number of benzene rings is 6. The number of halogens is 8. The summed E-state index contributed by atoms with van der Waals surface area (Å²) in [5, 5.41) is 43.8. The molecule has 10 atom stereocenters. The molecule has 4 fully saturated rings. The summed E-state index contributed by atoms with van der Waals surface area (Å²) >= 11 is 3.13. The van der Waals surface area contributed by atoms with Crippen LogP contribution in [0.3, 0.4) is 0 Å². The van der Waals surface area contributed by atoms with E-state index in [4.69, 9.17) is 10.8 Å². The van der Waals surface area contributed by atoms with Crippen LogP contribution in [0.1, 0.15) is 202 Å². The summed E-state index contributed by atoms with van der Waals surface area (Å²) in [6.07, 6.45) is -8.56. The molecule has 0 saturated carbocycles. The van der Waals surface area contributed by atoms with Crippen molar-refractivity contribution in [3.63, 3.8) is 0 Å². The molecule has 4 aromatic heterocycles. The monoisotopic (exact) mass is 2100 g/mol. The number of hydrogen-bond acceptors (Lipinski definition) is 23. The number of H-pyrrole nitrogens is 2. The Morgan fingerprint density at radius 2 is 0.906 bits per heavy atom. The summed E-state index contributed by atoms with van der Waals surface area (Å²) < 4.78 is 114. The van der Waals surface area contributed by atoms with E-state index < -0.39 is 140 Å². The number of rotatable bonds is 31. The van der Waals surface area contributed by atoms with Crippen LogP contribution in [0.25, 0.3) is 43.1 Å². The van der Waals surface area contributed by atoms with Crippen molar-refractivity contribution in [3.8, 4) is 43.1 Å². The fourth-order valence-electron chi connectivity index (χ4n) is 18.6. The van der Waals surface area contributed by atoms with Crippen molar-refractivity contribution in [3.05, 3.63) is 245 Å². The van der Waals surface area contributed by atoms with E-state index in [0.717, 1.165) is 55.5 Å². The van der Waals surface area contributed by atoms with Gasteiger partial charge in [0.05, 0.1) is 94.9 Å². The first-order valence-corrected chi connectivity index (χ1v) is 50.8. The first-order chi connectivity index (χ1) is 70.1. The minimum atomic E-state index is -5.01. The number of piperazine rings is 2. The summed E-state index contributed by atoms with van der Waals surface area (Å²) in [7, 11) is 3.96. The van der Waals surface area contributed by atoms with Gasteiger partial charge in [-0.15, -0.1) is 22.7 Å². The minimum absolute atomic E-state index is 0.00792. The van der Waals surface area contributed by atoms with Crippen LogP contribution >= 0.6 is 22.7 Å². The molecule has 796 valence electrons. The third-order valence-corrected chi connectivity index (χ3v) is 29.4. The van der Waals surface area contributed by atoms with Gasteiger partial charge >= 0.3 is 18.3 Å². The second kappa shape index (κ2) is 48.8. The number of carboxylic acids is 1. The molecule has 0 unspecified atom stereocenters. The average molecular weight is 2100 g/mol. The summed E-state index contributed by atoms with van der Waals surface area (Å²) in [6, 6.07) is 30.6. The molecule has 8 heterocycles. The third kappa shape index (κ3) is 28.9. The Labute approximate surface area is 865 Å². The van der Waals surface area contributed by atoms with E-state index in [2.05, 4.69) is 56.3 Å². The number of Topliss-reactive ketones (excluding diaryl/α,β-unsaturated/α-hetero) is 2. The van der Waals surface area contributed by atoms with E-state index in [1.807, 2.05) is 140 Å². The standard InChI is InChI=1S/C54H62F4N8O7S.C27H26F4N4O4.C27H38N4O4S/c1-30-26-65(27-31(2)64(30)7)43-19-17-35(21-42(43)62-50(71)39-25-59-47(70)23-40(39)54(56,57)58)38-18-16-36(20-41(38)55)45(68)10-8-9-11-46(69)63-49(53(4,5)6)52(73)66-28-37(67)22-44(66)51(72)60-24-33-12-14-34(15-13-33)48-32(3)61-29-74-48;1-14-12-35(13-15(2)34(14)3)23-7-5-16(18-6-4-17(26(38)39)8-21(18)28)9-22(23)33-25(37)19-11-32-24(36)10-20(19)27(29,30)31;1-17-24(36-16-30-17)19-9-7-18(8-10-19)14-29-25(34)23-13-21(33)15-31(23)26(35)22(27(2,3)4)12-20(32)6-5-11-28/h12-21,23,25,29-31,37,44,49,67H,8-11,22,24,26-28H2,1-7H3,(H,59,70)(H,60,72)(H,62,71)(H,63,69);4-11,14-15H,12-13H2,1-3H3,(H,32,36)(H,33,37)(H,38,39);7-10,16,21-23,33H,5-6,11-15,28H2,1-4H3,(H,29,34)/t30-,31+,37-,44+,49-;14-,15+;21-,22-,23+/m1.1/s1. The number of carbonyl (C=O) groups excluding carboxylic acids is 9. The highest BCUT2D eigenvalue weighted by atomic mass is 32.1. The molecule has 0 bridgehead atoms. The van der Waals surface area contributed by atoms with Crippen molar-refractivity contribution in [2.75, 3.05) is 80.3 Å². The summed E-state index contributed by atoms with van der Waals surface area (Å²) in [5.74, 6) is -8.06. The third-order valence-electron chi connectivity index (χ3n) is 27.5. The number of carbonyl (C=O) groups is 10. The Balaban J connectivity index is 0.000000220. The molecule has 7 amide bonds. The fraction of sp³-hybridized carbons (Fsp3) is 0.426. The Kier molecular flexibility index (Phi) is 37.4. The number of β-amino-alcohol motifs (C(OH)–C–C–N with tert-alkyl or cyclic N) is 2. The van der Waals surface area contributed by atoms with E-state index >= 15 is 4.39 Å². The molecule has 0 spiro atoms. The number of nitrogens with one attached hydrogen (secondary N) is 7. The SMILES string of the molecule is C[C@@H]1CN(c2ccc(-c3ccc(C(=O)O)cc3F)cc2NC(=O)c2c[nH]c(=O)cc2C(F)(F)F)C[C@H](C)N1C.Cc1ncsc1-c1ccc(CNC(=O)[C@@H]2C[C@@H](O)CN2C(=O)[C@@H](CC(=O)CCCN)C(C)(C)C)cc1.Cc1ncsc1-c1ccc(CNC(=O)[C@@H]2C[C@@H](O)CN2C(=O)[C@@H](NC(=O)CCCCC(=O)c2ccc(-c3ccc(N4C[C@@H](C)N(C)[C@@H](C)C4)c(NC(=O)c4c[nH]c(=O)cc4C(F)(F)F)c3)c(F)c2)C(C)(C)C)cc1. The normalized spacial score (nSPS) is 18.6. The molecule has 149 heavy (non-hydrogen) atoms. The van der Waals surface area contributed by atoms with Gasteiger partial charge in [0, 0.05) is 162 Å². The largest absolute Gasteiger partial charge is 0.478 e. The number of likely N-dealkylation sites (N-methyl/N-ethyl adjacent to an activating group) is 2. The van der Waals surface area contributed by atoms with Crippen LogP contribution in [0.15, 0.2) is 166 Å². The second-order valence-electron chi connectivity index (χ2n) is 40.6. The number of aromatic amines is 2. The number of hydrogen-bond donors (Lipinski definition) is 11. The lowest BCUT2D eigenvalue weighted by Gasteiger charge is -2.44. The maximum atomic E-state index is 16.0. The van der Waals surface area contributed by atoms with Crippen LogP contribution < -0.4 is 53.2 Å². The Morgan fingerprint density at radius 3 is 1.29 bits per heavy atom.